The van der Waals surface area contributed by atoms with Crippen LogP contribution in [0.5, 0.6) is 5.75 Å². The molecule has 0 saturated carbocycles. The van der Waals surface area contributed by atoms with Gasteiger partial charge in [-0.15, -0.1) is 0 Å². The van der Waals surface area contributed by atoms with Crippen molar-refractivity contribution in [2.75, 3.05) is 11.9 Å². The van der Waals surface area contributed by atoms with Gasteiger partial charge in [0.05, 0.1) is 22.3 Å². The Labute approximate surface area is 161 Å². The maximum atomic E-state index is 12.6. The van der Waals surface area contributed by atoms with Crippen molar-refractivity contribution >= 4 is 38.4 Å². The van der Waals surface area contributed by atoms with E-state index in [0.29, 0.717) is 24.5 Å². The maximum Gasteiger partial charge on any atom is 0.416 e. The molecule has 1 aromatic heterocycles. The monoisotopic (exact) mass is 440 g/mol. The summed E-state index contributed by atoms with van der Waals surface area (Å²) in [6, 6.07) is 8.67. The topological polar surface area (TPSA) is 54.1 Å². The predicted molar refractivity (Wildman–Crippen MR) is 101 cm³/mol. The van der Waals surface area contributed by atoms with Gasteiger partial charge in [0.25, 0.3) is 0 Å². The van der Waals surface area contributed by atoms with E-state index >= 15 is 0 Å². The first-order valence-electron chi connectivity index (χ1n) is 8.11. The predicted octanol–water partition coefficient (Wildman–Crippen LogP) is 5.53. The number of fused-ring (bicyclic) bond motifs is 1. The molecule has 4 nitrogen and oxygen atoms in total. The fourth-order valence-corrected chi connectivity index (χ4v) is 3.12. The van der Waals surface area contributed by atoms with Crippen LogP contribution < -0.4 is 10.1 Å². The zero-order chi connectivity index (χ0) is 19.6. The minimum atomic E-state index is -4.34. The summed E-state index contributed by atoms with van der Waals surface area (Å²) in [6.07, 6.45) is -2.17. The van der Waals surface area contributed by atoms with Gasteiger partial charge in [-0.05, 0) is 45.8 Å². The molecule has 0 saturated heterocycles. The number of hydrogen-bond acceptors (Lipinski definition) is 2. The van der Waals surface area contributed by atoms with Crippen LogP contribution in [0.3, 0.4) is 0 Å². The average molecular weight is 441 g/mol. The van der Waals surface area contributed by atoms with Gasteiger partial charge in [0.2, 0.25) is 5.91 Å². The molecule has 2 aromatic carbocycles. The van der Waals surface area contributed by atoms with Gasteiger partial charge >= 0.3 is 6.18 Å². The molecular formula is C19H16BrF3N2O2. The third kappa shape index (κ3) is 4.63. The van der Waals surface area contributed by atoms with Crippen LogP contribution >= 0.6 is 15.9 Å². The van der Waals surface area contributed by atoms with Gasteiger partial charge in [0, 0.05) is 30.4 Å². The van der Waals surface area contributed by atoms with E-state index < -0.39 is 11.7 Å². The SMILES string of the molecule is CC(=O)Nc1c[nH]c2cc(Br)c(OCCc3ccc(C(F)(F)F)cc3)cc12. The highest BCUT2D eigenvalue weighted by Gasteiger charge is 2.29. The van der Waals surface area contributed by atoms with Crippen LogP contribution in [-0.2, 0) is 17.4 Å². The Kier molecular flexibility index (Phi) is 5.46. The Morgan fingerprint density at radius 1 is 1.22 bits per heavy atom. The summed E-state index contributed by atoms with van der Waals surface area (Å²) in [5.41, 5.74) is 1.57. The van der Waals surface area contributed by atoms with Crippen LogP contribution in [0.2, 0.25) is 0 Å². The maximum absolute atomic E-state index is 12.6. The standard InChI is InChI=1S/C19H16BrF3N2O2/c1-11(26)25-17-10-24-16-9-15(20)18(8-14(16)17)27-7-6-12-2-4-13(5-3-12)19(21,22)23/h2-5,8-10,24H,6-7H2,1H3,(H,25,26). The molecule has 0 atom stereocenters. The van der Waals surface area contributed by atoms with Gasteiger partial charge in [-0.2, -0.15) is 13.2 Å². The third-order valence-corrected chi connectivity index (χ3v) is 4.59. The van der Waals surface area contributed by atoms with E-state index in [1.165, 1.54) is 19.1 Å². The van der Waals surface area contributed by atoms with Crippen LogP contribution in [0.25, 0.3) is 10.9 Å². The molecule has 0 aliphatic rings. The minimum Gasteiger partial charge on any atom is -0.492 e. The zero-order valence-corrected chi connectivity index (χ0v) is 15.9. The lowest BCUT2D eigenvalue weighted by Crippen LogP contribution is -2.06. The van der Waals surface area contributed by atoms with Gasteiger partial charge in [-0.25, -0.2) is 0 Å². The number of alkyl halides is 3. The smallest absolute Gasteiger partial charge is 0.416 e. The summed E-state index contributed by atoms with van der Waals surface area (Å²) >= 11 is 3.44. The molecule has 3 aromatic rings. The van der Waals surface area contributed by atoms with E-state index in [2.05, 4.69) is 26.2 Å². The number of nitrogens with one attached hydrogen (secondary N) is 2. The highest BCUT2D eigenvalue weighted by Crippen LogP contribution is 2.34. The van der Waals surface area contributed by atoms with Crippen LogP contribution in [0, 0.1) is 0 Å². The number of carbonyl (C=O) groups is 1. The Morgan fingerprint density at radius 2 is 1.93 bits per heavy atom. The Morgan fingerprint density at radius 3 is 2.56 bits per heavy atom. The summed E-state index contributed by atoms with van der Waals surface area (Å²) in [7, 11) is 0. The number of halogens is 4. The number of hydrogen-bond donors (Lipinski definition) is 2. The molecule has 0 aliphatic carbocycles. The Hall–Kier alpha value is -2.48. The largest absolute Gasteiger partial charge is 0.492 e. The lowest BCUT2D eigenvalue weighted by atomic mass is 10.1. The first kappa shape index (κ1) is 19.3. The van der Waals surface area contributed by atoms with Crippen molar-refractivity contribution in [3.8, 4) is 5.75 Å². The number of ether oxygens (including phenoxy) is 1. The second-order valence-corrected chi connectivity index (χ2v) is 6.86. The number of anilines is 1. The fraction of sp³-hybridized carbons (Fsp3) is 0.211. The van der Waals surface area contributed by atoms with Crippen LogP contribution in [-0.4, -0.2) is 17.5 Å². The lowest BCUT2D eigenvalue weighted by Gasteiger charge is -2.10. The van der Waals surface area contributed by atoms with Gasteiger partial charge in [-0.1, -0.05) is 12.1 Å². The summed E-state index contributed by atoms with van der Waals surface area (Å²) in [4.78, 5) is 14.4. The summed E-state index contributed by atoms with van der Waals surface area (Å²) in [5, 5.41) is 3.54. The van der Waals surface area contributed by atoms with Crippen LogP contribution in [0.1, 0.15) is 18.1 Å². The molecule has 1 heterocycles. The molecular weight excluding hydrogens is 425 g/mol. The molecule has 3 rings (SSSR count). The van der Waals surface area contributed by atoms with Crippen molar-refractivity contribution in [3.63, 3.8) is 0 Å². The van der Waals surface area contributed by atoms with Gasteiger partial charge in [0.1, 0.15) is 5.75 Å². The number of benzene rings is 2. The van der Waals surface area contributed by atoms with Crippen molar-refractivity contribution < 1.29 is 22.7 Å². The normalized spacial score (nSPS) is 11.6. The molecule has 8 heteroatoms. The molecule has 0 bridgehead atoms. The lowest BCUT2D eigenvalue weighted by molar-refractivity contribution is -0.137. The second kappa shape index (κ2) is 7.64. The number of aromatic amines is 1. The van der Waals surface area contributed by atoms with Gasteiger partial charge in [-0.3, -0.25) is 4.79 Å². The Bertz CT molecular complexity index is 965. The van der Waals surface area contributed by atoms with Crippen molar-refractivity contribution in [1.82, 2.24) is 4.98 Å². The van der Waals surface area contributed by atoms with Crippen molar-refractivity contribution in [2.24, 2.45) is 0 Å². The number of amides is 1. The average Bonchev–Trinajstić information content (AvgIpc) is 2.96. The first-order valence-corrected chi connectivity index (χ1v) is 8.90. The number of carbonyl (C=O) groups excluding carboxylic acids is 1. The van der Waals surface area contributed by atoms with E-state index in [4.69, 9.17) is 4.74 Å². The quantitative estimate of drug-likeness (QED) is 0.547. The fourth-order valence-electron chi connectivity index (χ4n) is 2.67. The molecule has 2 N–H and O–H groups in total. The van der Waals surface area contributed by atoms with E-state index in [9.17, 15) is 18.0 Å². The zero-order valence-electron chi connectivity index (χ0n) is 14.3. The van der Waals surface area contributed by atoms with E-state index in [0.717, 1.165) is 33.1 Å². The molecule has 0 radical (unpaired) electrons. The van der Waals surface area contributed by atoms with E-state index in [1.54, 1.807) is 12.3 Å². The summed E-state index contributed by atoms with van der Waals surface area (Å²) < 4.78 is 44.3. The van der Waals surface area contributed by atoms with Crippen molar-refractivity contribution in [1.29, 1.82) is 0 Å². The molecule has 27 heavy (non-hydrogen) atoms. The second-order valence-electron chi connectivity index (χ2n) is 6.00. The van der Waals surface area contributed by atoms with E-state index in [1.807, 2.05) is 6.07 Å². The minimum absolute atomic E-state index is 0.177. The molecule has 0 spiro atoms. The Balaban J connectivity index is 1.69. The number of H-pyrrole nitrogens is 1. The first-order chi connectivity index (χ1) is 12.7. The number of rotatable bonds is 5. The highest BCUT2D eigenvalue weighted by atomic mass is 79.9. The van der Waals surface area contributed by atoms with Crippen molar-refractivity contribution in [3.05, 3.63) is 58.2 Å². The van der Waals surface area contributed by atoms with Crippen molar-refractivity contribution in [2.45, 2.75) is 19.5 Å². The van der Waals surface area contributed by atoms with Crippen LogP contribution in [0.15, 0.2) is 47.1 Å². The molecule has 142 valence electrons. The van der Waals surface area contributed by atoms with Gasteiger partial charge in [0.15, 0.2) is 0 Å². The van der Waals surface area contributed by atoms with E-state index in [-0.39, 0.29) is 5.91 Å². The molecule has 0 aliphatic heterocycles. The highest BCUT2D eigenvalue weighted by molar-refractivity contribution is 9.10. The molecule has 0 fully saturated rings. The van der Waals surface area contributed by atoms with Gasteiger partial charge < -0.3 is 15.0 Å². The molecule has 0 unspecified atom stereocenters. The number of aromatic nitrogens is 1. The summed E-state index contributed by atoms with van der Waals surface area (Å²) in [6.45, 7) is 1.73. The third-order valence-electron chi connectivity index (χ3n) is 3.97. The molecule has 1 amide bonds. The van der Waals surface area contributed by atoms with Crippen LogP contribution in [0.4, 0.5) is 18.9 Å². The summed E-state index contributed by atoms with van der Waals surface area (Å²) in [5.74, 6) is 0.407.